The van der Waals surface area contributed by atoms with E-state index in [0.29, 0.717) is 23.1 Å². The van der Waals surface area contributed by atoms with Gasteiger partial charge in [0.1, 0.15) is 0 Å². The van der Waals surface area contributed by atoms with Crippen molar-refractivity contribution in [3.05, 3.63) is 69.7 Å². The molecule has 0 aliphatic carbocycles. The molecule has 4 rings (SSSR count). The number of carboxylic acid groups (broad SMARTS) is 1. The van der Waals surface area contributed by atoms with Crippen molar-refractivity contribution in [2.24, 2.45) is 15.7 Å². The molecule has 8 nitrogen and oxygen atoms in total. The fraction of sp³-hybridized carbons (Fsp3) is 0.545. The van der Waals surface area contributed by atoms with Crippen LogP contribution in [-0.2, 0) is 19.3 Å². The first kappa shape index (κ1) is 34.3. The van der Waals surface area contributed by atoms with E-state index in [4.69, 9.17) is 23.2 Å². The Balaban J connectivity index is 1.93. The highest BCUT2D eigenvalue weighted by Crippen LogP contribution is 2.52. The molecule has 5 atom stereocenters. The molecule has 0 bridgehead atoms. The molecule has 240 valence electrons. The average Bonchev–Trinajstić information content (AvgIpc) is 3.49. The molecule has 3 amide bonds. The number of hydrogen-bond donors (Lipinski definition) is 1. The van der Waals surface area contributed by atoms with Crippen LogP contribution in [0.2, 0.25) is 10.0 Å². The Morgan fingerprint density at radius 2 is 1.66 bits per heavy atom. The topological polar surface area (TPSA) is 107 Å². The standard InChI is InChI=1S/C33H43Cl2N3O5S/c1-21(2)28(20-44(43,22(3)4)36-32(42)37-15-6-7-16-37)38-30(23-11-13-25(34)14-12-23)27(24-9-8-10-26(35)17-24)18-33(5,31(38)41)19-29(39)40/h8-14,17,21-22,27-28,30H,6-7,15-16,18-20H2,1-5H3,(H,39,40)/t27-,28-,30-,33-,44?/m1/s1. The summed E-state index contributed by atoms with van der Waals surface area (Å²) < 4.78 is 19.0. The molecule has 11 heteroatoms. The highest BCUT2D eigenvalue weighted by atomic mass is 35.5. The minimum Gasteiger partial charge on any atom is -0.481 e. The Labute approximate surface area is 271 Å². The van der Waals surface area contributed by atoms with Gasteiger partial charge in [-0.05, 0) is 60.6 Å². The van der Waals surface area contributed by atoms with Crippen molar-refractivity contribution in [1.29, 1.82) is 0 Å². The smallest absolute Gasteiger partial charge is 0.351 e. The molecule has 1 N–H and O–H groups in total. The third-order valence-electron chi connectivity index (χ3n) is 9.01. The van der Waals surface area contributed by atoms with E-state index in [1.807, 2.05) is 44.2 Å². The Hall–Kier alpha value is -2.62. The lowest BCUT2D eigenvalue weighted by Gasteiger charge is -2.53. The highest BCUT2D eigenvalue weighted by Gasteiger charge is 2.53. The maximum atomic E-state index is 14.7. The van der Waals surface area contributed by atoms with Gasteiger partial charge in [-0.3, -0.25) is 9.59 Å². The van der Waals surface area contributed by atoms with Crippen LogP contribution >= 0.6 is 23.2 Å². The normalized spacial score (nSPS) is 24.4. The van der Waals surface area contributed by atoms with Crippen molar-refractivity contribution >= 4 is 50.8 Å². The number of piperidine rings is 1. The third-order valence-corrected chi connectivity index (χ3v) is 12.3. The molecule has 2 saturated heterocycles. The van der Waals surface area contributed by atoms with Gasteiger partial charge in [-0.15, -0.1) is 4.36 Å². The van der Waals surface area contributed by atoms with E-state index >= 15 is 0 Å². The second-order valence-electron chi connectivity index (χ2n) is 13.0. The number of carbonyl (C=O) groups excluding carboxylic acids is 2. The third kappa shape index (κ3) is 7.43. The molecule has 2 fully saturated rings. The monoisotopic (exact) mass is 663 g/mol. The molecule has 2 aliphatic rings. The lowest BCUT2D eigenvalue weighted by molar-refractivity contribution is -0.161. The number of rotatable bonds is 9. The van der Waals surface area contributed by atoms with Gasteiger partial charge in [0.05, 0.1) is 33.4 Å². The number of likely N-dealkylation sites (tertiary alicyclic amines) is 2. The first-order chi connectivity index (χ1) is 20.6. The van der Waals surface area contributed by atoms with Gasteiger partial charge in [0.15, 0.2) is 0 Å². The van der Waals surface area contributed by atoms with Crippen molar-refractivity contribution in [2.45, 2.75) is 83.6 Å². The number of hydrogen-bond acceptors (Lipinski definition) is 4. The summed E-state index contributed by atoms with van der Waals surface area (Å²) in [7, 11) is -3.14. The molecule has 0 spiro atoms. The molecule has 0 aromatic heterocycles. The quantitative estimate of drug-likeness (QED) is 0.296. The predicted molar refractivity (Wildman–Crippen MR) is 176 cm³/mol. The number of carbonyl (C=O) groups is 3. The maximum absolute atomic E-state index is 14.7. The van der Waals surface area contributed by atoms with E-state index in [-0.39, 0.29) is 36.3 Å². The molecule has 44 heavy (non-hydrogen) atoms. The van der Waals surface area contributed by atoms with Crippen molar-refractivity contribution in [2.75, 3.05) is 18.8 Å². The number of nitrogens with zero attached hydrogens (tertiary/aromatic N) is 3. The molecule has 0 saturated carbocycles. The summed E-state index contributed by atoms with van der Waals surface area (Å²) >= 11 is 12.7. The SMILES string of the molecule is CC(C)[C@@H](CS(=O)(=NC(=O)N1CCCC1)C(C)C)N1C(=O)[C@@](C)(CC(=O)O)C[C@H](c2cccc(Cl)c2)[C@H]1c1ccc(Cl)cc1. The van der Waals surface area contributed by atoms with E-state index in [2.05, 4.69) is 4.36 Å². The van der Waals surface area contributed by atoms with Gasteiger partial charge in [0.25, 0.3) is 0 Å². The largest absolute Gasteiger partial charge is 0.481 e. The van der Waals surface area contributed by atoms with Crippen molar-refractivity contribution in [1.82, 2.24) is 9.80 Å². The highest BCUT2D eigenvalue weighted by molar-refractivity contribution is 7.94. The lowest BCUT2D eigenvalue weighted by atomic mass is 9.66. The molecule has 2 aromatic carbocycles. The number of urea groups is 1. The van der Waals surface area contributed by atoms with Gasteiger partial charge in [0, 0.05) is 40.3 Å². The molecule has 2 aliphatic heterocycles. The lowest BCUT2D eigenvalue weighted by Crippen LogP contribution is -2.59. The van der Waals surface area contributed by atoms with E-state index in [1.54, 1.807) is 48.8 Å². The van der Waals surface area contributed by atoms with Crippen molar-refractivity contribution in [3.8, 4) is 0 Å². The predicted octanol–water partition coefficient (Wildman–Crippen LogP) is 7.65. The fourth-order valence-corrected chi connectivity index (χ4v) is 8.93. The summed E-state index contributed by atoms with van der Waals surface area (Å²) in [4.78, 5) is 43.5. The van der Waals surface area contributed by atoms with Crippen LogP contribution in [0.4, 0.5) is 4.79 Å². The number of aliphatic carboxylic acids is 1. The van der Waals surface area contributed by atoms with Crippen LogP contribution in [0, 0.1) is 11.3 Å². The van der Waals surface area contributed by atoms with Gasteiger partial charge in [-0.2, -0.15) is 0 Å². The summed E-state index contributed by atoms with van der Waals surface area (Å²) in [5.74, 6) is -1.96. The molecular weight excluding hydrogens is 621 g/mol. The molecular formula is C33H43Cl2N3O5S. The minimum absolute atomic E-state index is 0.0246. The van der Waals surface area contributed by atoms with Gasteiger partial charge in [0.2, 0.25) is 5.91 Å². The van der Waals surface area contributed by atoms with E-state index in [9.17, 15) is 23.7 Å². The summed E-state index contributed by atoms with van der Waals surface area (Å²) in [5, 5.41) is 10.6. The summed E-state index contributed by atoms with van der Waals surface area (Å²) in [6.45, 7) is 10.4. The Bertz CT molecular complexity index is 1500. The Kier molecular flexibility index (Phi) is 10.7. The van der Waals surface area contributed by atoms with E-state index in [1.165, 1.54) is 0 Å². The maximum Gasteiger partial charge on any atom is 0.351 e. The van der Waals surface area contributed by atoms with Crippen molar-refractivity contribution in [3.63, 3.8) is 0 Å². The van der Waals surface area contributed by atoms with Crippen molar-refractivity contribution < 1.29 is 23.7 Å². The zero-order valence-electron chi connectivity index (χ0n) is 26.0. The molecule has 0 radical (unpaired) electrons. The van der Waals surface area contributed by atoms with Gasteiger partial charge < -0.3 is 14.9 Å². The summed E-state index contributed by atoms with van der Waals surface area (Å²) in [6.07, 6.45) is 1.67. The second-order valence-corrected chi connectivity index (χ2v) is 16.7. The van der Waals surface area contributed by atoms with Crippen LogP contribution in [0.1, 0.15) is 83.4 Å². The number of amides is 3. The second kappa shape index (κ2) is 13.8. The first-order valence-corrected chi connectivity index (χ1v) is 17.7. The van der Waals surface area contributed by atoms with Crippen LogP contribution in [-0.4, -0.2) is 67.2 Å². The molecule has 2 heterocycles. The van der Waals surface area contributed by atoms with Crippen LogP contribution in [0.15, 0.2) is 52.9 Å². The average molecular weight is 665 g/mol. The van der Waals surface area contributed by atoms with Crippen LogP contribution in [0.25, 0.3) is 0 Å². The number of benzene rings is 2. The van der Waals surface area contributed by atoms with Crippen LogP contribution < -0.4 is 0 Å². The van der Waals surface area contributed by atoms with Gasteiger partial charge in [-0.1, -0.05) is 82.1 Å². The molecule has 1 unspecified atom stereocenters. The number of carboxylic acids is 1. The first-order valence-electron chi connectivity index (χ1n) is 15.2. The zero-order valence-corrected chi connectivity index (χ0v) is 28.4. The Morgan fingerprint density at radius 1 is 1.02 bits per heavy atom. The fourth-order valence-electron chi connectivity index (χ4n) is 6.52. The number of halogens is 2. The Morgan fingerprint density at radius 3 is 2.20 bits per heavy atom. The van der Waals surface area contributed by atoms with E-state index < -0.39 is 44.5 Å². The summed E-state index contributed by atoms with van der Waals surface area (Å²) in [5.41, 5.74) is 0.431. The molecule has 2 aromatic rings. The minimum atomic E-state index is -3.14. The van der Waals surface area contributed by atoms with Gasteiger partial charge >= 0.3 is 12.0 Å². The van der Waals surface area contributed by atoms with E-state index in [0.717, 1.165) is 24.0 Å². The van der Waals surface area contributed by atoms with Crippen LogP contribution in [0.3, 0.4) is 0 Å². The zero-order chi connectivity index (χ0) is 32.4. The summed E-state index contributed by atoms with van der Waals surface area (Å²) in [6, 6.07) is 13.1. The van der Waals surface area contributed by atoms with Gasteiger partial charge in [-0.25, -0.2) is 9.00 Å². The van der Waals surface area contributed by atoms with Crippen LogP contribution in [0.5, 0.6) is 0 Å².